The topological polar surface area (TPSA) is 99.2 Å². The predicted octanol–water partition coefficient (Wildman–Crippen LogP) is -0.200. The van der Waals surface area contributed by atoms with E-state index in [4.69, 9.17) is 10.5 Å². The SMILES string of the molecule is CCCn1ncc(S(=O)(=O)NCCOC)c1N. The van der Waals surface area contributed by atoms with E-state index < -0.39 is 10.0 Å². The number of nitrogens with zero attached hydrogens (tertiary/aromatic N) is 2. The van der Waals surface area contributed by atoms with Crippen LogP contribution in [-0.4, -0.2) is 38.5 Å². The van der Waals surface area contributed by atoms with E-state index in [1.165, 1.54) is 18.0 Å². The fourth-order valence-electron chi connectivity index (χ4n) is 1.33. The molecule has 98 valence electrons. The summed E-state index contributed by atoms with van der Waals surface area (Å²) < 4.78 is 32.3. The van der Waals surface area contributed by atoms with Crippen LogP contribution in [-0.2, 0) is 21.3 Å². The third-order valence-electron chi connectivity index (χ3n) is 2.17. The minimum Gasteiger partial charge on any atom is -0.383 e. The van der Waals surface area contributed by atoms with Gasteiger partial charge in [-0.05, 0) is 6.42 Å². The van der Waals surface area contributed by atoms with Gasteiger partial charge >= 0.3 is 0 Å². The normalized spacial score (nSPS) is 11.9. The predicted molar refractivity (Wildman–Crippen MR) is 64.0 cm³/mol. The number of nitrogens with two attached hydrogens (primary N) is 1. The number of hydrogen-bond acceptors (Lipinski definition) is 5. The van der Waals surface area contributed by atoms with Crippen molar-refractivity contribution in [1.29, 1.82) is 0 Å². The van der Waals surface area contributed by atoms with Gasteiger partial charge in [-0.2, -0.15) is 5.10 Å². The van der Waals surface area contributed by atoms with Crippen LogP contribution in [0.2, 0.25) is 0 Å². The molecule has 0 fully saturated rings. The largest absolute Gasteiger partial charge is 0.383 e. The van der Waals surface area contributed by atoms with E-state index in [1.54, 1.807) is 0 Å². The van der Waals surface area contributed by atoms with Crippen molar-refractivity contribution < 1.29 is 13.2 Å². The lowest BCUT2D eigenvalue weighted by atomic mass is 10.5. The summed E-state index contributed by atoms with van der Waals surface area (Å²) >= 11 is 0. The average molecular weight is 262 g/mol. The fourth-order valence-corrected chi connectivity index (χ4v) is 2.40. The molecule has 1 heterocycles. The Hall–Kier alpha value is -1.12. The van der Waals surface area contributed by atoms with E-state index in [-0.39, 0.29) is 17.3 Å². The van der Waals surface area contributed by atoms with Crippen LogP contribution in [0.25, 0.3) is 0 Å². The molecule has 0 aromatic carbocycles. The number of nitrogens with one attached hydrogen (secondary N) is 1. The molecule has 0 saturated carbocycles. The monoisotopic (exact) mass is 262 g/mol. The number of aromatic nitrogens is 2. The van der Waals surface area contributed by atoms with Crippen molar-refractivity contribution in [3.05, 3.63) is 6.20 Å². The molecule has 0 saturated heterocycles. The number of ether oxygens (including phenoxy) is 1. The first-order chi connectivity index (χ1) is 8.03. The number of hydrogen-bond donors (Lipinski definition) is 2. The van der Waals surface area contributed by atoms with Crippen molar-refractivity contribution in [1.82, 2.24) is 14.5 Å². The molecule has 0 aliphatic rings. The molecule has 0 unspecified atom stereocenters. The summed E-state index contributed by atoms with van der Waals surface area (Å²) in [6.45, 7) is 3.07. The average Bonchev–Trinajstić information content (AvgIpc) is 2.62. The molecule has 0 amide bonds. The summed E-state index contributed by atoms with van der Waals surface area (Å²) in [5.41, 5.74) is 5.73. The summed E-state index contributed by atoms with van der Waals surface area (Å²) in [5.74, 6) is 0.164. The van der Waals surface area contributed by atoms with Crippen molar-refractivity contribution in [2.45, 2.75) is 24.8 Å². The van der Waals surface area contributed by atoms with E-state index in [9.17, 15) is 8.42 Å². The summed E-state index contributed by atoms with van der Waals surface area (Å²) in [6.07, 6.45) is 2.10. The fraction of sp³-hybridized carbons (Fsp3) is 0.667. The number of rotatable bonds is 7. The van der Waals surface area contributed by atoms with Crippen molar-refractivity contribution >= 4 is 15.8 Å². The maximum atomic E-state index is 11.8. The lowest BCUT2D eigenvalue weighted by Gasteiger charge is -2.06. The molecule has 0 radical (unpaired) electrons. The number of methoxy groups -OCH3 is 1. The summed E-state index contributed by atoms with van der Waals surface area (Å²) in [4.78, 5) is 0.0158. The molecule has 0 aliphatic heterocycles. The second-order valence-electron chi connectivity index (χ2n) is 3.51. The van der Waals surface area contributed by atoms with Gasteiger partial charge in [-0.1, -0.05) is 6.92 Å². The van der Waals surface area contributed by atoms with Gasteiger partial charge in [-0.25, -0.2) is 17.8 Å². The zero-order chi connectivity index (χ0) is 12.9. The molecular formula is C9H18N4O3S. The van der Waals surface area contributed by atoms with E-state index in [1.807, 2.05) is 6.92 Å². The van der Waals surface area contributed by atoms with Gasteiger partial charge in [0.25, 0.3) is 0 Å². The zero-order valence-electron chi connectivity index (χ0n) is 10.0. The number of anilines is 1. The first kappa shape index (κ1) is 13.9. The van der Waals surface area contributed by atoms with Gasteiger partial charge in [0.05, 0.1) is 12.8 Å². The van der Waals surface area contributed by atoms with Crippen LogP contribution in [0.4, 0.5) is 5.82 Å². The number of sulfonamides is 1. The molecule has 0 bridgehead atoms. The Bertz CT molecular complexity index is 455. The van der Waals surface area contributed by atoms with Gasteiger partial charge in [0, 0.05) is 20.2 Å². The maximum Gasteiger partial charge on any atom is 0.245 e. The Morgan fingerprint density at radius 3 is 2.88 bits per heavy atom. The first-order valence-electron chi connectivity index (χ1n) is 5.32. The quantitative estimate of drug-likeness (QED) is 0.663. The summed E-state index contributed by atoms with van der Waals surface area (Å²) in [5, 5.41) is 3.94. The van der Waals surface area contributed by atoms with Crippen LogP contribution in [0.5, 0.6) is 0 Å². The number of nitrogen functional groups attached to an aromatic ring is 1. The van der Waals surface area contributed by atoms with E-state index in [0.29, 0.717) is 13.2 Å². The minimum absolute atomic E-state index is 0.0158. The molecule has 0 atom stereocenters. The van der Waals surface area contributed by atoms with Gasteiger partial charge < -0.3 is 10.5 Å². The Balaban J connectivity index is 2.84. The summed E-state index contributed by atoms with van der Waals surface area (Å²) in [6, 6.07) is 0. The molecule has 1 aromatic heterocycles. The molecule has 17 heavy (non-hydrogen) atoms. The first-order valence-corrected chi connectivity index (χ1v) is 6.81. The van der Waals surface area contributed by atoms with Crippen molar-refractivity contribution in [2.75, 3.05) is 26.0 Å². The van der Waals surface area contributed by atoms with Gasteiger partial charge in [-0.3, -0.25) is 0 Å². The second-order valence-corrected chi connectivity index (χ2v) is 5.24. The molecule has 3 N–H and O–H groups in total. The molecule has 8 heteroatoms. The van der Waals surface area contributed by atoms with Crippen LogP contribution in [0, 0.1) is 0 Å². The van der Waals surface area contributed by atoms with Gasteiger partial charge in [0.1, 0.15) is 10.7 Å². The third kappa shape index (κ3) is 3.42. The third-order valence-corrected chi connectivity index (χ3v) is 3.65. The van der Waals surface area contributed by atoms with E-state index >= 15 is 0 Å². The molecule has 1 rings (SSSR count). The Morgan fingerprint density at radius 2 is 2.29 bits per heavy atom. The number of aryl methyl sites for hydroxylation is 1. The smallest absolute Gasteiger partial charge is 0.245 e. The maximum absolute atomic E-state index is 11.8. The Labute approximate surface area is 101 Å². The zero-order valence-corrected chi connectivity index (χ0v) is 10.8. The van der Waals surface area contributed by atoms with Crippen LogP contribution >= 0.6 is 0 Å². The van der Waals surface area contributed by atoms with Gasteiger partial charge in [-0.15, -0.1) is 0 Å². The molecule has 0 aliphatic carbocycles. The highest BCUT2D eigenvalue weighted by Crippen LogP contribution is 2.17. The van der Waals surface area contributed by atoms with Gasteiger partial charge in [0.15, 0.2) is 0 Å². The van der Waals surface area contributed by atoms with Gasteiger partial charge in [0.2, 0.25) is 10.0 Å². The highest BCUT2D eigenvalue weighted by Gasteiger charge is 2.20. The van der Waals surface area contributed by atoms with Crippen LogP contribution in [0.1, 0.15) is 13.3 Å². The van der Waals surface area contributed by atoms with Crippen LogP contribution < -0.4 is 10.5 Å². The van der Waals surface area contributed by atoms with Crippen LogP contribution in [0.3, 0.4) is 0 Å². The van der Waals surface area contributed by atoms with Crippen molar-refractivity contribution in [3.63, 3.8) is 0 Å². The standard InChI is InChI=1S/C9H18N4O3S/c1-3-5-13-9(10)8(7-11-13)17(14,15)12-4-6-16-2/h7,12H,3-6,10H2,1-2H3. The lowest BCUT2D eigenvalue weighted by Crippen LogP contribution is -2.27. The highest BCUT2D eigenvalue weighted by molar-refractivity contribution is 7.89. The molecule has 0 spiro atoms. The molecule has 7 nitrogen and oxygen atoms in total. The van der Waals surface area contributed by atoms with E-state index in [0.717, 1.165) is 6.42 Å². The van der Waals surface area contributed by atoms with E-state index in [2.05, 4.69) is 9.82 Å². The minimum atomic E-state index is -3.60. The lowest BCUT2D eigenvalue weighted by molar-refractivity contribution is 0.204. The second kappa shape index (κ2) is 5.99. The van der Waals surface area contributed by atoms with Crippen molar-refractivity contribution in [2.24, 2.45) is 0 Å². The highest BCUT2D eigenvalue weighted by atomic mass is 32.2. The van der Waals surface area contributed by atoms with Crippen molar-refractivity contribution in [3.8, 4) is 0 Å². The Morgan fingerprint density at radius 1 is 1.59 bits per heavy atom. The molecular weight excluding hydrogens is 244 g/mol. The molecule has 1 aromatic rings. The summed E-state index contributed by atoms with van der Waals surface area (Å²) in [7, 11) is -2.10. The van der Waals surface area contributed by atoms with Crippen LogP contribution in [0.15, 0.2) is 11.1 Å². The Kier molecular flexibility index (Phi) is 4.91.